The third kappa shape index (κ3) is 23.5. The molecule has 494 valence electrons. The van der Waals surface area contributed by atoms with Crippen molar-refractivity contribution in [2.24, 2.45) is 0 Å². The molecule has 0 aliphatic rings. The number of benzene rings is 8. The number of hydrogen-bond donors (Lipinski definition) is 0. The van der Waals surface area contributed by atoms with Crippen molar-refractivity contribution in [2.75, 3.05) is 0 Å². The Morgan fingerprint density at radius 2 is 0.626 bits per heavy atom. The van der Waals surface area contributed by atoms with Gasteiger partial charge in [-0.15, -0.1) is 0 Å². The SMILES string of the molecule is CC(C)(C)c1ccccc1C(F)(F)F.CC(C)c1cccc(-c2ccccc2)c1C(C)(C)C.Cc1cccc(C(F)(F)F)c1C(C)(C)C.Cc1cccc(C)c1C(C)(C)C.Cc1ccccc1C(C)(C)C.[2H]c1c([2H])c(C)c([2H])c(-c2cccc(C(C)C)c2C(C)(C)C)c1[2H]. The predicted molar refractivity (Wildman–Crippen MR) is 384 cm³/mol. The summed E-state index contributed by atoms with van der Waals surface area (Å²) in [6.07, 6.45) is -8.53. The van der Waals surface area contributed by atoms with Crippen molar-refractivity contribution in [1.29, 1.82) is 0 Å². The van der Waals surface area contributed by atoms with E-state index < -0.39 is 34.3 Å². The van der Waals surface area contributed by atoms with Crippen LogP contribution in [0.3, 0.4) is 0 Å². The summed E-state index contributed by atoms with van der Waals surface area (Å²) in [7, 11) is 0. The van der Waals surface area contributed by atoms with Crippen LogP contribution in [0.15, 0.2) is 176 Å². The molecule has 0 bridgehead atoms. The van der Waals surface area contributed by atoms with Crippen LogP contribution in [-0.4, -0.2) is 0 Å². The molecule has 0 fully saturated rings. The van der Waals surface area contributed by atoms with E-state index in [4.69, 9.17) is 5.48 Å². The van der Waals surface area contributed by atoms with Crippen molar-refractivity contribution in [3.05, 3.63) is 259 Å². The summed E-state index contributed by atoms with van der Waals surface area (Å²) >= 11 is 0. The molecule has 8 rings (SSSR count). The Morgan fingerprint density at radius 3 is 0.967 bits per heavy atom. The van der Waals surface area contributed by atoms with Gasteiger partial charge in [0.2, 0.25) is 0 Å². The van der Waals surface area contributed by atoms with Gasteiger partial charge in [0.15, 0.2) is 0 Å². The average molecular weight is 1250 g/mol. The Balaban J connectivity index is 0.000000303. The molecular formula is C85H112F6. The van der Waals surface area contributed by atoms with Gasteiger partial charge in [-0.1, -0.05) is 322 Å². The number of hydrogen-bond acceptors (Lipinski definition) is 0. The van der Waals surface area contributed by atoms with Crippen molar-refractivity contribution in [2.45, 2.75) is 244 Å². The molecule has 0 aliphatic heterocycles. The van der Waals surface area contributed by atoms with Gasteiger partial charge in [0, 0.05) is 0 Å². The largest absolute Gasteiger partial charge is 0.416 e. The molecule has 6 heteroatoms. The fraction of sp³-hybridized carbons (Fsp3) is 0.435. The summed E-state index contributed by atoms with van der Waals surface area (Å²) in [5, 5.41) is 0. The third-order valence-electron chi connectivity index (χ3n) is 15.6. The first-order chi connectivity index (χ1) is 43.2. The van der Waals surface area contributed by atoms with E-state index in [0.29, 0.717) is 39.7 Å². The van der Waals surface area contributed by atoms with E-state index in [0.717, 1.165) is 23.3 Å². The molecule has 8 aromatic rings. The van der Waals surface area contributed by atoms with Crippen LogP contribution in [-0.2, 0) is 44.8 Å². The van der Waals surface area contributed by atoms with Gasteiger partial charge in [-0.25, -0.2) is 0 Å². The molecule has 0 N–H and O–H groups in total. The standard InChI is InChI=1S/C20H26.C19H24.C12H15F3.C12H18.C11H13F3.C11H16/c1-14(2)17-11-8-12-18(19(17)20(4,5)6)16-10-7-9-15(3)13-16;1-14(2)16-12-9-13-17(18(16)19(3,4)5)15-10-7-6-8-11-15;1-8-6-5-7-9(12(13,14)15)10(8)11(2,3)4;1-9-7-6-8-10(2)11(9)12(3,4)5;1-10(2,3)8-6-4-5-7-9(8)11(12,13)14;1-9-7-5-6-8-10(9)11(2,3)4/h7-14H,1-6H3;6-14H,1-5H3;5-7H,1-4H3;6-8H,1-5H3;4-7H,1-3H3;5-8H,1-4H3/i7D,9D,10D,13D;;;;;. The van der Waals surface area contributed by atoms with Gasteiger partial charge < -0.3 is 0 Å². The van der Waals surface area contributed by atoms with Gasteiger partial charge in [0.1, 0.15) is 0 Å². The van der Waals surface area contributed by atoms with E-state index in [1.54, 1.807) is 67.5 Å². The summed E-state index contributed by atoms with van der Waals surface area (Å²) in [5.74, 6) is 0.882. The van der Waals surface area contributed by atoms with Crippen LogP contribution in [0.4, 0.5) is 26.3 Å². The molecule has 0 saturated heterocycles. The molecule has 0 radical (unpaired) electrons. The van der Waals surface area contributed by atoms with Crippen LogP contribution in [0, 0.1) is 34.6 Å². The first-order valence-electron chi connectivity index (χ1n) is 34.1. The van der Waals surface area contributed by atoms with Gasteiger partial charge in [-0.05, 0) is 180 Å². The summed E-state index contributed by atoms with van der Waals surface area (Å²) in [4.78, 5) is 0. The van der Waals surface area contributed by atoms with E-state index in [-0.39, 0.29) is 45.8 Å². The van der Waals surface area contributed by atoms with E-state index >= 15 is 0 Å². The monoisotopic (exact) mass is 1250 g/mol. The molecule has 91 heavy (non-hydrogen) atoms. The summed E-state index contributed by atoms with van der Waals surface area (Å²) < 4.78 is 109. The first kappa shape index (κ1) is 71.8. The Hall–Kier alpha value is -6.66. The third-order valence-corrected chi connectivity index (χ3v) is 15.6. The van der Waals surface area contributed by atoms with Crippen LogP contribution < -0.4 is 0 Å². The van der Waals surface area contributed by atoms with Gasteiger partial charge in [0.05, 0.1) is 16.6 Å². The van der Waals surface area contributed by atoms with Gasteiger partial charge in [-0.2, -0.15) is 26.3 Å². The topological polar surface area (TPSA) is 0 Å². The van der Waals surface area contributed by atoms with Crippen molar-refractivity contribution in [3.63, 3.8) is 0 Å². The molecular weight excluding hydrogens is 1130 g/mol. The van der Waals surface area contributed by atoms with E-state index in [9.17, 15) is 26.3 Å². The molecule has 0 amide bonds. The summed E-state index contributed by atoms with van der Waals surface area (Å²) in [6, 6.07) is 48.6. The summed E-state index contributed by atoms with van der Waals surface area (Å²) in [5.41, 5.74) is 16.8. The lowest BCUT2D eigenvalue weighted by molar-refractivity contribution is -0.139. The van der Waals surface area contributed by atoms with E-state index in [2.05, 4.69) is 229 Å². The number of halogens is 6. The maximum absolute atomic E-state index is 12.8. The molecule has 0 saturated carbocycles. The lowest BCUT2D eigenvalue weighted by Gasteiger charge is -2.28. The second kappa shape index (κ2) is 31.8. The minimum Gasteiger partial charge on any atom is -0.166 e. The van der Waals surface area contributed by atoms with Gasteiger partial charge in [0.25, 0.3) is 0 Å². The van der Waals surface area contributed by atoms with Gasteiger partial charge in [-0.3, -0.25) is 0 Å². The van der Waals surface area contributed by atoms with Crippen LogP contribution >= 0.6 is 0 Å². The zero-order valence-corrected chi connectivity index (χ0v) is 60.4. The highest BCUT2D eigenvalue weighted by molar-refractivity contribution is 5.72. The lowest BCUT2D eigenvalue weighted by atomic mass is 9.76. The minimum atomic E-state index is -4.27. The Morgan fingerprint density at radius 1 is 0.297 bits per heavy atom. The Bertz CT molecular complexity index is 3700. The Kier molecular flexibility index (Phi) is 25.1. The normalized spacial score (nSPS) is 12.8. The van der Waals surface area contributed by atoms with Crippen LogP contribution in [0.1, 0.15) is 253 Å². The highest BCUT2D eigenvalue weighted by Gasteiger charge is 2.38. The van der Waals surface area contributed by atoms with Gasteiger partial charge >= 0.3 is 12.4 Å². The number of alkyl halides is 6. The average Bonchev–Trinajstić information content (AvgIpc) is 0.760. The van der Waals surface area contributed by atoms with Crippen molar-refractivity contribution in [3.8, 4) is 22.3 Å². The fourth-order valence-electron chi connectivity index (χ4n) is 12.1. The molecule has 0 spiro atoms. The molecule has 0 nitrogen and oxygen atoms in total. The number of aryl methyl sites for hydroxylation is 4. The van der Waals surface area contributed by atoms with Crippen molar-refractivity contribution < 1.29 is 31.8 Å². The zero-order chi connectivity index (χ0) is 73.1. The highest BCUT2D eigenvalue weighted by Crippen LogP contribution is 2.42. The molecule has 0 aromatic heterocycles. The van der Waals surface area contributed by atoms with E-state index in [1.165, 1.54) is 73.8 Å². The minimum absolute atomic E-state index is 0.0222. The van der Waals surface area contributed by atoms with Crippen molar-refractivity contribution in [1.82, 2.24) is 0 Å². The Labute approximate surface area is 554 Å². The maximum Gasteiger partial charge on any atom is 0.416 e. The maximum atomic E-state index is 12.8. The van der Waals surface area contributed by atoms with Crippen LogP contribution in [0.25, 0.3) is 22.3 Å². The van der Waals surface area contributed by atoms with E-state index in [1.807, 2.05) is 12.1 Å². The molecule has 0 unspecified atom stereocenters. The molecule has 0 atom stereocenters. The van der Waals surface area contributed by atoms with Crippen molar-refractivity contribution >= 4 is 0 Å². The first-order valence-corrected chi connectivity index (χ1v) is 32.1. The van der Waals surface area contributed by atoms with Crippen LogP contribution in [0.2, 0.25) is 0 Å². The quantitative estimate of drug-likeness (QED) is 0.154. The molecule has 0 heterocycles. The molecule has 8 aromatic carbocycles. The molecule has 0 aliphatic carbocycles. The predicted octanol–water partition coefficient (Wildman–Crippen LogP) is 27.1. The zero-order valence-electron chi connectivity index (χ0n) is 64.4. The smallest absolute Gasteiger partial charge is 0.166 e. The fourth-order valence-corrected chi connectivity index (χ4v) is 12.1. The lowest BCUT2D eigenvalue weighted by Crippen LogP contribution is -2.20. The highest BCUT2D eigenvalue weighted by atomic mass is 19.4. The summed E-state index contributed by atoms with van der Waals surface area (Å²) in [6.45, 7) is 56.4. The number of rotatable bonds is 4. The second-order valence-electron chi connectivity index (χ2n) is 30.8. The second-order valence-corrected chi connectivity index (χ2v) is 30.8. The van der Waals surface area contributed by atoms with Crippen LogP contribution in [0.5, 0.6) is 0 Å².